The van der Waals surface area contributed by atoms with E-state index in [1.165, 1.54) is 6.07 Å². The Morgan fingerprint density at radius 2 is 1.10 bits per heavy atom. The van der Waals surface area contributed by atoms with E-state index in [2.05, 4.69) is 0 Å². The fourth-order valence-electron chi connectivity index (χ4n) is 1.58. The molecule has 0 radical (unpaired) electrons. The number of aromatic hydroxyl groups is 1. The normalized spacial score (nSPS) is 10.9. The molecule has 0 spiro atoms. The van der Waals surface area contributed by atoms with Crippen molar-refractivity contribution in [3.05, 3.63) is 47.3 Å². The summed E-state index contributed by atoms with van der Waals surface area (Å²) in [4.78, 5) is 0. The van der Waals surface area contributed by atoms with Crippen molar-refractivity contribution >= 4 is 81.2 Å². The van der Waals surface area contributed by atoms with Crippen LogP contribution in [0, 0.1) is 0 Å². The third kappa shape index (κ3) is 2.66. The first-order chi connectivity index (χ1) is 9.27. The number of benzene rings is 2. The SMILES string of the molecule is Oc1c(Cl)c(Cl)c(-c2ccc(Cl)c(Cl)c2Cl)c(Cl)c1Cl. The molecule has 2 aromatic carbocycles. The average Bonchev–Trinajstić information content (AvgIpc) is 2.43. The van der Waals surface area contributed by atoms with E-state index in [1.54, 1.807) is 6.07 Å². The van der Waals surface area contributed by atoms with E-state index in [1.807, 2.05) is 0 Å². The van der Waals surface area contributed by atoms with Gasteiger partial charge in [0.05, 0.1) is 25.1 Å². The fraction of sp³-hybridized carbons (Fsp3) is 0. The summed E-state index contributed by atoms with van der Waals surface area (Å²) < 4.78 is 0. The molecule has 8 heteroatoms. The Morgan fingerprint density at radius 1 is 0.600 bits per heavy atom. The molecule has 1 nitrogen and oxygen atoms in total. The van der Waals surface area contributed by atoms with Gasteiger partial charge < -0.3 is 5.11 Å². The van der Waals surface area contributed by atoms with Crippen molar-refractivity contribution < 1.29 is 5.11 Å². The van der Waals surface area contributed by atoms with Crippen molar-refractivity contribution in [3.8, 4) is 16.9 Å². The molecule has 0 heterocycles. The zero-order chi connectivity index (χ0) is 15.2. The van der Waals surface area contributed by atoms with Crippen LogP contribution in [-0.4, -0.2) is 5.11 Å². The largest absolute Gasteiger partial charge is 0.505 e. The van der Waals surface area contributed by atoms with Gasteiger partial charge in [-0.2, -0.15) is 0 Å². The van der Waals surface area contributed by atoms with Crippen molar-refractivity contribution in [3.63, 3.8) is 0 Å². The number of hydrogen-bond acceptors (Lipinski definition) is 1. The lowest BCUT2D eigenvalue weighted by molar-refractivity contribution is 0.476. The average molecular weight is 411 g/mol. The second-order valence-electron chi connectivity index (χ2n) is 3.70. The summed E-state index contributed by atoms with van der Waals surface area (Å²) in [5.74, 6) is -0.400. The van der Waals surface area contributed by atoms with Gasteiger partial charge in [-0.25, -0.2) is 0 Å². The molecule has 0 aromatic heterocycles. The first-order valence-electron chi connectivity index (χ1n) is 4.96. The van der Waals surface area contributed by atoms with Crippen LogP contribution in [0.25, 0.3) is 11.1 Å². The van der Waals surface area contributed by atoms with E-state index >= 15 is 0 Å². The van der Waals surface area contributed by atoms with Crippen molar-refractivity contribution in [2.24, 2.45) is 0 Å². The molecule has 0 aliphatic carbocycles. The van der Waals surface area contributed by atoms with Crippen LogP contribution in [-0.2, 0) is 0 Å². The maximum Gasteiger partial charge on any atom is 0.155 e. The van der Waals surface area contributed by atoms with Crippen LogP contribution in [0.2, 0.25) is 35.2 Å². The van der Waals surface area contributed by atoms with Crippen LogP contribution in [0.3, 0.4) is 0 Å². The summed E-state index contributed by atoms with van der Waals surface area (Å²) in [6.45, 7) is 0. The smallest absolute Gasteiger partial charge is 0.155 e. The predicted octanol–water partition coefficient (Wildman–Crippen LogP) is 7.63. The van der Waals surface area contributed by atoms with Crippen LogP contribution in [0.1, 0.15) is 0 Å². The highest BCUT2D eigenvalue weighted by molar-refractivity contribution is 6.53. The van der Waals surface area contributed by atoms with Gasteiger partial charge >= 0.3 is 0 Å². The number of phenols is 1. The lowest BCUT2D eigenvalue weighted by atomic mass is 10.0. The van der Waals surface area contributed by atoms with Gasteiger partial charge in [0, 0.05) is 11.1 Å². The Kier molecular flexibility index (Phi) is 5.14. The van der Waals surface area contributed by atoms with E-state index in [0.29, 0.717) is 5.56 Å². The fourth-order valence-corrected chi connectivity index (χ4v) is 3.25. The third-order valence-electron chi connectivity index (χ3n) is 2.54. The van der Waals surface area contributed by atoms with E-state index in [4.69, 9.17) is 81.2 Å². The zero-order valence-corrected chi connectivity index (χ0v) is 14.5. The maximum absolute atomic E-state index is 9.69. The molecule has 106 valence electrons. The summed E-state index contributed by atoms with van der Waals surface area (Å²) in [7, 11) is 0. The zero-order valence-electron chi connectivity index (χ0n) is 9.25. The number of rotatable bonds is 1. The van der Waals surface area contributed by atoms with E-state index in [0.717, 1.165) is 0 Å². The van der Waals surface area contributed by atoms with Gasteiger partial charge in [0.25, 0.3) is 0 Å². The molecule has 20 heavy (non-hydrogen) atoms. The van der Waals surface area contributed by atoms with Gasteiger partial charge in [0.2, 0.25) is 0 Å². The lowest BCUT2D eigenvalue weighted by Gasteiger charge is -2.14. The van der Waals surface area contributed by atoms with Crippen LogP contribution < -0.4 is 0 Å². The lowest BCUT2D eigenvalue weighted by Crippen LogP contribution is -1.88. The highest BCUT2D eigenvalue weighted by Gasteiger charge is 2.23. The van der Waals surface area contributed by atoms with Gasteiger partial charge in [-0.15, -0.1) is 0 Å². The molecule has 0 saturated carbocycles. The molecule has 2 rings (SSSR count). The first-order valence-corrected chi connectivity index (χ1v) is 7.60. The minimum Gasteiger partial charge on any atom is -0.505 e. The predicted molar refractivity (Wildman–Crippen MR) is 88.6 cm³/mol. The van der Waals surface area contributed by atoms with Crippen molar-refractivity contribution in [1.29, 1.82) is 0 Å². The molecule has 0 bridgehead atoms. The molecule has 0 unspecified atom stereocenters. The monoisotopic (exact) mass is 408 g/mol. The summed E-state index contributed by atoms with van der Waals surface area (Å²) in [6, 6.07) is 3.11. The molecule has 0 atom stereocenters. The second-order valence-corrected chi connectivity index (χ2v) is 6.38. The highest BCUT2D eigenvalue weighted by Crippen LogP contribution is 2.51. The molecule has 0 fully saturated rings. The minimum absolute atomic E-state index is 0.0128. The standard InChI is InChI=1S/C12H3Cl7O/c13-4-2-1-3(6(14)7(4)15)5-8(16)10(18)12(20)11(19)9(5)17/h1-2,20H. The Morgan fingerprint density at radius 3 is 1.60 bits per heavy atom. The van der Waals surface area contributed by atoms with Crippen LogP contribution in [0.5, 0.6) is 5.75 Å². The summed E-state index contributed by atoms with van der Waals surface area (Å²) in [6.07, 6.45) is 0. The first kappa shape index (κ1) is 16.6. The quantitative estimate of drug-likeness (QED) is 0.378. The number of hydrogen-bond donors (Lipinski definition) is 1. The van der Waals surface area contributed by atoms with Crippen molar-refractivity contribution in [2.45, 2.75) is 0 Å². The Hall–Kier alpha value is 0.270. The molecule has 0 aliphatic heterocycles. The molecule has 2 aromatic rings. The Labute approximate surface area is 149 Å². The van der Waals surface area contributed by atoms with Crippen molar-refractivity contribution in [2.75, 3.05) is 0 Å². The molecular formula is C12H3Cl7O. The second kappa shape index (κ2) is 6.18. The van der Waals surface area contributed by atoms with Crippen LogP contribution >= 0.6 is 81.2 Å². The van der Waals surface area contributed by atoms with E-state index in [9.17, 15) is 5.11 Å². The Balaban J connectivity index is 2.87. The van der Waals surface area contributed by atoms with E-state index in [-0.39, 0.29) is 40.7 Å². The highest BCUT2D eigenvalue weighted by atomic mass is 35.5. The van der Waals surface area contributed by atoms with Crippen LogP contribution in [0.15, 0.2) is 12.1 Å². The third-order valence-corrected chi connectivity index (χ3v) is 5.52. The molecular weight excluding hydrogens is 408 g/mol. The molecule has 0 aliphatic rings. The number of phenolic OH excluding ortho intramolecular Hbond substituents is 1. The van der Waals surface area contributed by atoms with Gasteiger partial charge in [-0.05, 0) is 6.07 Å². The molecule has 0 amide bonds. The number of halogens is 7. The van der Waals surface area contributed by atoms with Crippen molar-refractivity contribution in [1.82, 2.24) is 0 Å². The van der Waals surface area contributed by atoms with Gasteiger partial charge in [-0.1, -0.05) is 87.3 Å². The maximum atomic E-state index is 9.69. The summed E-state index contributed by atoms with van der Waals surface area (Å²) in [5, 5.41) is 10.1. The minimum atomic E-state index is -0.400. The summed E-state index contributed by atoms with van der Waals surface area (Å²) in [5.41, 5.74) is 0.671. The van der Waals surface area contributed by atoms with Crippen LogP contribution in [0.4, 0.5) is 0 Å². The van der Waals surface area contributed by atoms with E-state index < -0.39 is 5.75 Å². The molecule has 0 saturated heterocycles. The van der Waals surface area contributed by atoms with Gasteiger partial charge in [0.1, 0.15) is 10.0 Å². The Bertz CT molecular complexity index is 683. The van der Waals surface area contributed by atoms with Gasteiger partial charge in [-0.3, -0.25) is 0 Å². The topological polar surface area (TPSA) is 20.2 Å². The van der Waals surface area contributed by atoms with Gasteiger partial charge in [0.15, 0.2) is 5.75 Å². The summed E-state index contributed by atoms with van der Waals surface area (Å²) >= 11 is 42.0. The molecule has 1 N–H and O–H groups in total.